The van der Waals surface area contributed by atoms with Gasteiger partial charge in [0.2, 0.25) is 0 Å². The van der Waals surface area contributed by atoms with E-state index in [0.29, 0.717) is 13.2 Å². The molecule has 1 unspecified atom stereocenters. The summed E-state index contributed by atoms with van der Waals surface area (Å²) in [5.41, 5.74) is 0. The van der Waals surface area contributed by atoms with Crippen LogP contribution < -0.4 is 5.32 Å². The second-order valence-electron chi connectivity index (χ2n) is 3.73. The smallest absolute Gasteiger partial charge is 0.155 e. The van der Waals surface area contributed by atoms with Gasteiger partial charge in [-0.15, -0.1) is 0 Å². The molecule has 0 aliphatic heterocycles. The van der Waals surface area contributed by atoms with Gasteiger partial charge in [-0.3, -0.25) is 0 Å². The van der Waals surface area contributed by atoms with Gasteiger partial charge in [0.05, 0.1) is 23.7 Å². The van der Waals surface area contributed by atoms with Crippen LogP contribution in [0, 0.1) is 0 Å². The highest BCUT2D eigenvalue weighted by Gasteiger charge is 2.20. The third-order valence-corrected chi connectivity index (χ3v) is 4.29. The van der Waals surface area contributed by atoms with E-state index >= 15 is 0 Å². The van der Waals surface area contributed by atoms with Crippen molar-refractivity contribution in [3.63, 3.8) is 0 Å². The lowest BCUT2D eigenvalue weighted by atomic mass is 10.4. The van der Waals surface area contributed by atoms with Crippen molar-refractivity contribution in [3.8, 4) is 0 Å². The molecule has 0 aromatic heterocycles. The zero-order valence-electron chi connectivity index (χ0n) is 9.56. The number of aliphatic hydroxyl groups is 1. The number of aliphatic hydroxyl groups excluding tert-OH is 1. The van der Waals surface area contributed by atoms with Crippen molar-refractivity contribution < 1.29 is 18.3 Å². The molecule has 0 fully saturated rings. The van der Waals surface area contributed by atoms with Crippen LogP contribution in [0.15, 0.2) is 0 Å². The summed E-state index contributed by atoms with van der Waals surface area (Å²) < 4.78 is 27.6. The molecule has 0 amide bonds. The fourth-order valence-electron chi connectivity index (χ4n) is 0.962. The lowest BCUT2D eigenvalue weighted by molar-refractivity contribution is 0.174. The summed E-state index contributed by atoms with van der Waals surface area (Å²) >= 11 is 0. The number of ether oxygens (including phenoxy) is 1. The zero-order chi connectivity index (χ0) is 11.9. The molecule has 0 saturated carbocycles. The monoisotopic (exact) mass is 239 g/mol. The first-order valence-electron chi connectivity index (χ1n) is 4.99. The van der Waals surface area contributed by atoms with E-state index in [9.17, 15) is 13.5 Å². The summed E-state index contributed by atoms with van der Waals surface area (Å²) in [4.78, 5) is 0. The largest absolute Gasteiger partial charge is 0.391 e. The molecule has 92 valence electrons. The summed E-state index contributed by atoms with van der Waals surface area (Å²) in [6, 6.07) is 0. The van der Waals surface area contributed by atoms with Crippen LogP contribution in [0.1, 0.15) is 13.8 Å². The van der Waals surface area contributed by atoms with E-state index in [1.54, 1.807) is 21.0 Å². The van der Waals surface area contributed by atoms with E-state index in [0.717, 1.165) is 0 Å². The summed E-state index contributed by atoms with van der Waals surface area (Å²) in [6.45, 7) is 4.65. The van der Waals surface area contributed by atoms with Crippen LogP contribution >= 0.6 is 0 Å². The molecule has 0 radical (unpaired) electrons. The first-order valence-corrected chi connectivity index (χ1v) is 6.71. The molecule has 0 aliphatic carbocycles. The normalized spacial score (nSPS) is 14.5. The molecule has 1 atom stereocenters. The second kappa shape index (κ2) is 7.16. The molecule has 0 heterocycles. The Bertz CT molecular complexity index is 251. The molecule has 0 aromatic carbocycles. The van der Waals surface area contributed by atoms with E-state index in [2.05, 4.69) is 5.32 Å². The summed E-state index contributed by atoms with van der Waals surface area (Å²) in [5, 5.41) is 11.9. The van der Waals surface area contributed by atoms with Crippen molar-refractivity contribution in [1.82, 2.24) is 5.32 Å². The molecule has 5 nitrogen and oxygen atoms in total. The fraction of sp³-hybridized carbons (Fsp3) is 1.00. The summed E-state index contributed by atoms with van der Waals surface area (Å²) in [5.74, 6) is -0.190. The highest BCUT2D eigenvalue weighted by Crippen LogP contribution is 2.02. The van der Waals surface area contributed by atoms with Gasteiger partial charge in [0.15, 0.2) is 9.84 Å². The van der Waals surface area contributed by atoms with Crippen LogP contribution in [0.5, 0.6) is 0 Å². The first-order chi connectivity index (χ1) is 6.90. The Balaban J connectivity index is 3.79. The van der Waals surface area contributed by atoms with Crippen molar-refractivity contribution >= 4 is 9.84 Å². The predicted molar refractivity (Wildman–Crippen MR) is 59.7 cm³/mol. The Labute approximate surface area is 91.7 Å². The van der Waals surface area contributed by atoms with E-state index in [4.69, 9.17) is 4.74 Å². The Morgan fingerprint density at radius 2 is 2.00 bits per heavy atom. The Hall–Kier alpha value is -0.170. The quantitative estimate of drug-likeness (QED) is 0.554. The molecule has 15 heavy (non-hydrogen) atoms. The predicted octanol–water partition coefficient (Wildman–Crippen LogP) is -0.593. The van der Waals surface area contributed by atoms with E-state index in [1.165, 1.54) is 0 Å². The van der Waals surface area contributed by atoms with Crippen LogP contribution in [0.3, 0.4) is 0 Å². The minimum atomic E-state index is -3.16. The van der Waals surface area contributed by atoms with Crippen molar-refractivity contribution in [2.45, 2.75) is 25.2 Å². The standard InChI is InChI=1S/C9H21NO4S/c1-8(2)15(12,13)7-9(11)6-10-4-5-14-3/h8-11H,4-7H2,1-3H3. The maximum absolute atomic E-state index is 11.4. The van der Waals surface area contributed by atoms with Crippen LogP contribution in [-0.4, -0.2) is 57.4 Å². The molecular formula is C9H21NO4S. The van der Waals surface area contributed by atoms with E-state index in [1.807, 2.05) is 0 Å². The molecule has 0 rings (SSSR count). The SMILES string of the molecule is COCCNCC(O)CS(=O)(=O)C(C)C. The minimum absolute atomic E-state index is 0.190. The van der Waals surface area contributed by atoms with Gasteiger partial charge < -0.3 is 15.2 Å². The number of methoxy groups -OCH3 is 1. The lowest BCUT2D eigenvalue weighted by Gasteiger charge is -2.13. The van der Waals surface area contributed by atoms with Gasteiger partial charge in [-0.1, -0.05) is 0 Å². The van der Waals surface area contributed by atoms with E-state index < -0.39 is 21.2 Å². The third kappa shape index (κ3) is 6.83. The van der Waals surface area contributed by atoms with Crippen LogP contribution in [0.2, 0.25) is 0 Å². The molecule has 0 aliphatic rings. The molecule has 0 saturated heterocycles. The Morgan fingerprint density at radius 1 is 1.40 bits per heavy atom. The number of hydrogen-bond donors (Lipinski definition) is 2. The van der Waals surface area contributed by atoms with Gasteiger partial charge in [0, 0.05) is 20.2 Å². The molecule has 0 spiro atoms. The minimum Gasteiger partial charge on any atom is -0.391 e. The van der Waals surface area contributed by atoms with Crippen molar-refractivity contribution in [2.24, 2.45) is 0 Å². The second-order valence-corrected chi connectivity index (χ2v) is 6.33. The molecule has 2 N–H and O–H groups in total. The number of nitrogens with one attached hydrogen (secondary N) is 1. The van der Waals surface area contributed by atoms with Gasteiger partial charge >= 0.3 is 0 Å². The molecule has 0 bridgehead atoms. The molecule has 0 aromatic rings. The van der Waals surface area contributed by atoms with Crippen molar-refractivity contribution in [3.05, 3.63) is 0 Å². The zero-order valence-corrected chi connectivity index (χ0v) is 10.4. The first kappa shape index (κ1) is 14.8. The summed E-state index contributed by atoms with van der Waals surface area (Å²) in [6.07, 6.45) is -0.853. The van der Waals surface area contributed by atoms with Gasteiger partial charge in [-0.25, -0.2) is 8.42 Å². The van der Waals surface area contributed by atoms with Crippen LogP contribution in [0.25, 0.3) is 0 Å². The number of rotatable bonds is 8. The number of hydrogen-bond acceptors (Lipinski definition) is 5. The van der Waals surface area contributed by atoms with Gasteiger partial charge in [0.1, 0.15) is 0 Å². The van der Waals surface area contributed by atoms with Crippen molar-refractivity contribution in [1.29, 1.82) is 0 Å². The topological polar surface area (TPSA) is 75.6 Å². The maximum Gasteiger partial charge on any atom is 0.155 e. The van der Waals surface area contributed by atoms with E-state index in [-0.39, 0.29) is 12.3 Å². The molecule has 6 heteroatoms. The third-order valence-electron chi connectivity index (χ3n) is 2.01. The lowest BCUT2D eigenvalue weighted by Crippen LogP contribution is -2.36. The summed E-state index contributed by atoms with van der Waals surface area (Å²) in [7, 11) is -1.58. The average molecular weight is 239 g/mol. The van der Waals surface area contributed by atoms with Crippen LogP contribution in [-0.2, 0) is 14.6 Å². The maximum atomic E-state index is 11.4. The van der Waals surface area contributed by atoms with Gasteiger partial charge in [-0.2, -0.15) is 0 Å². The van der Waals surface area contributed by atoms with Gasteiger partial charge in [0.25, 0.3) is 0 Å². The van der Waals surface area contributed by atoms with Gasteiger partial charge in [-0.05, 0) is 13.8 Å². The fourth-order valence-corrected chi connectivity index (χ4v) is 2.00. The molecular weight excluding hydrogens is 218 g/mol. The van der Waals surface area contributed by atoms with Crippen molar-refractivity contribution in [2.75, 3.05) is 32.6 Å². The Kier molecular flexibility index (Phi) is 7.08. The number of sulfone groups is 1. The highest BCUT2D eigenvalue weighted by atomic mass is 32.2. The average Bonchev–Trinajstić information content (AvgIpc) is 2.11. The van der Waals surface area contributed by atoms with Crippen LogP contribution in [0.4, 0.5) is 0 Å². The highest BCUT2D eigenvalue weighted by molar-refractivity contribution is 7.92. The Morgan fingerprint density at radius 3 is 2.47 bits per heavy atom.